The van der Waals surface area contributed by atoms with Gasteiger partial charge in [0.1, 0.15) is 12.4 Å². The van der Waals surface area contributed by atoms with Crippen molar-refractivity contribution in [3.8, 4) is 5.75 Å². The fraction of sp³-hybridized carbons (Fsp3) is 0.533. The number of para-hydroxylation sites is 1. The molecule has 0 aromatic heterocycles. The van der Waals surface area contributed by atoms with Gasteiger partial charge in [-0.1, -0.05) is 19.1 Å². The van der Waals surface area contributed by atoms with Gasteiger partial charge in [0, 0.05) is 19.6 Å². The maximum Gasteiger partial charge on any atom is 0.307 e. The van der Waals surface area contributed by atoms with E-state index in [2.05, 4.69) is 27.8 Å². The van der Waals surface area contributed by atoms with Gasteiger partial charge in [0.15, 0.2) is 0 Å². The fourth-order valence-electron chi connectivity index (χ4n) is 2.67. The SMILES string of the molecule is CC1CC(C(=O)O)CN(CCOc2ccccc2Br)C1. The molecule has 1 aliphatic rings. The summed E-state index contributed by atoms with van der Waals surface area (Å²) in [5.74, 6) is 0.316. The molecule has 1 aromatic carbocycles. The van der Waals surface area contributed by atoms with Crippen molar-refractivity contribution in [2.75, 3.05) is 26.2 Å². The van der Waals surface area contributed by atoms with E-state index in [4.69, 9.17) is 9.84 Å². The first-order valence-corrected chi connectivity index (χ1v) is 7.68. The summed E-state index contributed by atoms with van der Waals surface area (Å²) >= 11 is 3.44. The lowest BCUT2D eigenvalue weighted by Crippen LogP contribution is -2.44. The summed E-state index contributed by atoms with van der Waals surface area (Å²) in [7, 11) is 0. The molecular formula is C15H20BrNO3. The van der Waals surface area contributed by atoms with Crippen LogP contribution in [0, 0.1) is 11.8 Å². The molecule has 2 rings (SSSR count). The Kier molecular flexibility index (Phi) is 5.43. The third kappa shape index (κ3) is 4.21. The van der Waals surface area contributed by atoms with Crippen molar-refractivity contribution < 1.29 is 14.6 Å². The minimum atomic E-state index is -0.687. The molecule has 20 heavy (non-hydrogen) atoms. The highest BCUT2D eigenvalue weighted by Crippen LogP contribution is 2.24. The monoisotopic (exact) mass is 341 g/mol. The lowest BCUT2D eigenvalue weighted by molar-refractivity contribution is -0.144. The Hall–Kier alpha value is -1.07. The van der Waals surface area contributed by atoms with Crippen molar-refractivity contribution in [2.45, 2.75) is 13.3 Å². The predicted octanol–water partition coefficient (Wildman–Crippen LogP) is 2.87. The number of carboxylic acids is 1. The fourth-order valence-corrected chi connectivity index (χ4v) is 3.07. The third-order valence-electron chi connectivity index (χ3n) is 3.59. The number of likely N-dealkylation sites (tertiary alicyclic amines) is 1. The standard InChI is InChI=1S/C15H20BrNO3/c1-11-8-12(15(18)19)10-17(9-11)6-7-20-14-5-3-2-4-13(14)16/h2-5,11-12H,6-10H2,1H3,(H,18,19). The number of hydrogen-bond donors (Lipinski definition) is 1. The summed E-state index contributed by atoms with van der Waals surface area (Å²) in [4.78, 5) is 13.3. The number of benzene rings is 1. The van der Waals surface area contributed by atoms with E-state index in [-0.39, 0.29) is 5.92 Å². The van der Waals surface area contributed by atoms with Crippen LogP contribution in [0.1, 0.15) is 13.3 Å². The Balaban J connectivity index is 1.81. The highest BCUT2D eigenvalue weighted by atomic mass is 79.9. The van der Waals surface area contributed by atoms with E-state index in [1.807, 2.05) is 24.3 Å². The highest BCUT2D eigenvalue weighted by Gasteiger charge is 2.29. The second kappa shape index (κ2) is 7.09. The van der Waals surface area contributed by atoms with E-state index >= 15 is 0 Å². The minimum absolute atomic E-state index is 0.248. The second-order valence-electron chi connectivity index (χ2n) is 5.41. The van der Waals surface area contributed by atoms with Crippen LogP contribution in [0.2, 0.25) is 0 Å². The van der Waals surface area contributed by atoms with Crippen molar-refractivity contribution in [3.63, 3.8) is 0 Å². The van der Waals surface area contributed by atoms with E-state index in [0.717, 1.165) is 29.7 Å². The van der Waals surface area contributed by atoms with Gasteiger partial charge in [0.25, 0.3) is 0 Å². The molecule has 0 amide bonds. The van der Waals surface area contributed by atoms with Gasteiger partial charge < -0.3 is 9.84 Å². The lowest BCUT2D eigenvalue weighted by atomic mass is 9.90. The topological polar surface area (TPSA) is 49.8 Å². The van der Waals surface area contributed by atoms with Crippen LogP contribution < -0.4 is 4.74 Å². The van der Waals surface area contributed by atoms with Gasteiger partial charge >= 0.3 is 5.97 Å². The zero-order valence-electron chi connectivity index (χ0n) is 11.6. The summed E-state index contributed by atoms with van der Waals surface area (Å²) in [6.45, 7) is 5.01. The lowest BCUT2D eigenvalue weighted by Gasteiger charge is -2.34. The van der Waals surface area contributed by atoms with Gasteiger partial charge in [-0.05, 0) is 40.4 Å². The van der Waals surface area contributed by atoms with Crippen LogP contribution in [-0.4, -0.2) is 42.2 Å². The average Bonchev–Trinajstić information content (AvgIpc) is 2.40. The van der Waals surface area contributed by atoms with Crippen molar-refractivity contribution in [1.82, 2.24) is 4.90 Å². The van der Waals surface area contributed by atoms with E-state index in [1.54, 1.807) is 0 Å². The highest BCUT2D eigenvalue weighted by molar-refractivity contribution is 9.10. The van der Waals surface area contributed by atoms with E-state index in [1.165, 1.54) is 0 Å². The maximum absolute atomic E-state index is 11.1. The first-order chi connectivity index (χ1) is 9.56. The van der Waals surface area contributed by atoms with Crippen molar-refractivity contribution in [3.05, 3.63) is 28.7 Å². The van der Waals surface area contributed by atoms with Crippen LogP contribution in [0.5, 0.6) is 5.75 Å². The summed E-state index contributed by atoms with van der Waals surface area (Å²) in [5, 5.41) is 9.15. The molecule has 0 spiro atoms. The number of rotatable bonds is 5. The van der Waals surface area contributed by atoms with Gasteiger partial charge in [0.2, 0.25) is 0 Å². The second-order valence-corrected chi connectivity index (χ2v) is 6.27. The molecule has 110 valence electrons. The van der Waals surface area contributed by atoms with Crippen LogP contribution in [0.4, 0.5) is 0 Å². The van der Waals surface area contributed by atoms with E-state index < -0.39 is 5.97 Å². The van der Waals surface area contributed by atoms with Crippen molar-refractivity contribution >= 4 is 21.9 Å². The van der Waals surface area contributed by atoms with Crippen molar-refractivity contribution in [1.29, 1.82) is 0 Å². The number of aliphatic carboxylic acids is 1. The molecule has 0 bridgehead atoms. The molecule has 5 heteroatoms. The molecule has 0 aliphatic carbocycles. The molecule has 2 atom stereocenters. The van der Waals surface area contributed by atoms with E-state index in [0.29, 0.717) is 19.1 Å². The molecule has 0 radical (unpaired) electrons. The Morgan fingerprint density at radius 1 is 1.45 bits per heavy atom. The largest absolute Gasteiger partial charge is 0.491 e. The van der Waals surface area contributed by atoms with E-state index in [9.17, 15) is 4.79 Å². The Labute approximate surface area is 127 Å². The van der Waals surface area contributed by atoms with Crippen LogP contribution in [0.3, 0.4) is 0 Å². The Morgan fingerprint density at radius 3 is 2.90 bits per heavy atom. The van der Waals surface area contributed by atoms with Gasteiger partial charge in [-0.25, -0.2) is 0 Å². The molecule has 1 saturated heterocycles. The average molecular weight is 342 g/mol. The number of carbonyl (C=O) groups is 1. The normalized spacial score (nSPS) is 23.5. The van der Waals surface area contributed by atoms with Crippen LogP contribution in [-0.2, 0) is 4.79 Å². The number of halogens is 1. The smallest absolute Gasteiger partial charge is 0.307 e. The zero-order valence-corrected chi connectivity index (χ0v) is 13.2. The quantitative estimate of drug-likeness (QED) is 0.894. The maximum atomic E-state index is 11.1. The number of piperidine rings is 1. The molecule has 1 fully saturated rings. The summed E-state index contributed by atoms with van der Waals surface area (Å²) in [6, 6.07) is 7.74. The molecule has 2 unspecified atom stereocenters. The third-order valence-corrected chi connectivity index (χ3v) is 4.24. The first kappa shape index (κ1) is 15.3. The van der Waals surface area contributed by atoms with Gasteiger partial charge in [-0.15, -0.1) is 0 Å². The zero-order chi connectivity index (χ0) is 14.5. The summed E-state index contributed by atoms with van der Waals surface area (Å²) < 4.78 is 6.67. The Morgan fingerprint density at radius 2 is 2.20 bits per heavy atom. The number of hydrogen-bond acceptors (Lipinski definition) is 3. The number of carboxylic acid groups (broad SMARTS) is 1. The minimum Gasteiger partial charge on any atom is -0.491 e. The molecule has 1 aliphatic heterocycles. The number of ether oxygens (including phenoxy) is 1. The summed E-state index contributed by atoms with van der Waals surface area (Å²) in [5.41, 5.74) is 0. The molecule has 4 nitrogen and oxygen atoms in total. The predicted molar refractivity (Wildman–Crippen MR) is 81.0 cm³/mol. The molecule has 1 aromatic rings. The van der Waals surface area contributed by atoms with Crippen LogP contribution in [0.25, 0.3) is 0 Å². The number of nitrogens with zero attached hydrogens (tertiary/aromatic N) is 1. The van der Waals surface area contributed by atoms with Gasteiger partial charge in [0.05, 0.1) is 10.4 Å². The van der Waals surface area contributed by atoms with Crippen molar-refractivity contribution in [2.24, 2.45) is 11.8 Å². The van der Waals surface area contributed by atoms with Gasteiger partial charge in [-0.2, -0.15) is 0 Å². The van der Waals surface area contributed by atoms with Gasteiger partial charge in [-0.3, -0.25) is 9.69 Å². The first-order valence-electron chi connectivity index (χ1n) is 6.88. The molecular weight excluding hydrogens is 322 g/mol. The molecule has 0 saturated carbocycles. The van der Waals surface area contributed by atoms with Crippen LogP contribution >= 0.6 is 15.9 Å². The molecule has 1 N–H and O–H groups in total. The van der Waals surface area contributed by atoms with Crippen LogP contribution in [0.15, 0.2) is 28.7 Å². The Bertz CT molecular complexity index is 466. The molecule has 1 heterocycles. The summed E-state index contributed by atoms with van der Waals surface area (Å²) in [6.07, 6.45) is 0.775.